The van der Waals surface area contributed by atoms with Crippen LogP contribution in [0.5, 0.6) is 0 Å². The first kappa shape index (κ1) is 11.5. The summed E-state index contributed by atoms with van der Waals surface area (Å²) >= 11 is 9.50. The Kier molecular flexibility index (Phi) is 2.96. The van der Waals surface area contributed by atoms with E-state index in [0.29, 0.717) is 0 Å². The predicted octanol–water partition coefficient (Wildman–Crippen LogP) is 3.69. The first-order chi connectivity index (χ1) is 7.47. The van der Waals surface area contributed by atoms with Crippen LogP contribution in [0.2, 0.25) is 0 Å². The van der Waals surface area contributed by atoms with E-state index in [9.17, 15) is 0 Å². The Morgan fingerprint density at radius 2 is 2.19 bits per heavy atom. The lowest BCUT2D eigenvalue weighted by molar-refractivity contribution is 0.917. The molecule has 0 aliphatic rings. The largest absolute Gasteiger partial charge is 0.359 e. The maximum absolute atomic E-state index is 6.03. The Bertz CT molecular complexity index is 584. The van der Waals surface area contributed by atoms with Crippen LogP contribution in [0.3, 0.4) is 0 Å². The Hall–Kier alpha value is -0.980. The fourth-order valence-electron chi connectivity index (χ4n) is 1.35. The van der Waals surface area contributed by atoms with Crippen molar-refractivity contribution in [3.05, 3.63) is 28.6 Å². The van der Waals surface area contributed by atoms with E-state index in [0.717, 1.165) is 20.9 Å². The summed E-state index contributed by atoms with van der Waals surface area (Å²) in [5.41, 5.74) is 1.89. The van der Waals surface area contributed by atoms with Crippen LogP contribution < -0.4 is 0 Å². The minimum Gasteiger partial charge on any atom is -0.359 e. The molecule has 0 amide bonds. The van der Waals surface area contributed by atoms with Gasteiger partial charge < -0.3 is 4.98 Å². The van der Waals surface area contributed by atoms with Crippen molar-refractivity contribution < 1.29 is 0 Å². The molecule has 2 rings (SSSR count). The van der Waals surface area contributed by atoms with E-state index in [4.69, 9.17) is 11.6 Å². The average Bonchev–Trinajstić information content (AvgIpc) is 2.58. The number of nitrogens with one attached hydrogen (secondary N) is 1. The Balaban J connectivity index is 2.57. The van der Waals surface area contributed by atoms with E-state index in [-0.39, 0.29) is 0 Å². The minimum atomic E-state index is -0.511. The molecule has 0 aliphatic heterocycles. The molecule has 0 saturated carbocycles. The number of fused-ring (bicyclic) bond motifs is 1. The van der Waals surface area contributed by atoms with Crippen LogP contribution in [0.15, 0.2) is 23.1 Å². The highest BCUT2D eigenvalue weighted by Crippen LogP contribution is 2.25. The first-order valence-corrected chi connectivity index (χ1v) is 5.97. The second-order valence-electron chi connectivity index (χ2n) is 3.97. The number of hydrogen-bond donors (Lipinski definition) is 1. The fourth-order valence-corrected chi connectivity index (χ4v) is 1.95. The normalized spacial score (nSPS) is 11.2. The summed E-state index contributed by atoms with van der Waals surface area (Å²) in [6.07, 6.45) is 5.40. The molecule has 2 heterocycles. The zero-order valence-corrected chi connectivity index (χ0v) is 11.3. The number of alkyl halides is 1. The van der Waals surface area contributed by atoms with Gasteiger partial charge in [-0.05, 0) is 29.8 Å². The summed E-state index contributed by atoms with van der Waals surface area (Å²) in [5.74, 6) is 6.08. The highest BCUT2D eigenvalue weighted by atomic mass is 79.9. The molecule has 0 saturated heterocycles. The standard InChI is InChI=1S/C12H10BrClN2/c1-12(2,14)4-3-8-5-16-10-7-15-6-9(13)11(8)10/h5-7,16H,1-2H3. The van der Waals surface area contributed by atoms with Gasteiger partial charge in [0, 0.05) is 22.3 Å². The molecular formula is C12H10BrClN2. The number of pyridine rings is 1. The van der Waals surface area contributed by atoms with Crippen LogP contribution in [-0.2, 0) is 0 Å². The molecule has 0 spiro atoms. The summed E-state index contributed by atoms with van der Waals surface area (Å²) in [7, 11) is 0. The van der Waals surface area contributed by atoms with Gasteiger partial charge in [-0.15, -0.1) is 11.6 Å². The molecule has 4 heteroatoms. The first-order valence-electron chi connectivity index (χ1n) is 4.80. The third-order valence-electron chi connectivity index (χ3n) is 2.04. The van der Waals surface area contributed by atoms with Crippen LogP contribution in [0, 0.1) is 11.8 Å². The van der Waals surface area contributed by atoms with Crippen LogP contribution in [0.4, 0.5) is 0 Å². The van der Waals surface area contributed by atoms with Crippen molar-refractivity contribution in [3.63, 3.8) is 0 Å². The highest BCUT2D eigenvalue weighted by molar-refractivity contribution is 9.10. The molecule has 16 heavy (non-hydrogen) atoms. The smallest absolute Gasteiger partial charge is 0.0997 e. The van der Waals surface area contributed by atoms with E-state index >= 15 is 0 Å². The number of halogens is 2. The van der Waals surface area contributed by atoms with Crippen molar-refractivity contribution >= 4 is 38.4 Å². The van der Waals surface area contributed by atoms with Gasteiger partial charge >= 0.3 is 0 Å². The molecule has 0 fully saturated rings. The second-order valence-corrected chi connectivity index (χ2v) is 5.77. The molecule has 1 N–H and O–H groups in total. The number of aromatic amines is 1. The Labute approximate surface area is 108 Å². The topological polar surface area (TPSA) is 28.7 Å². The molecule has 2 aromatic heterocycles. The maximum atomic E-state index is 6.03. The molecule has 82 valence electrons. The summed E-state index contributed by atoms with van der Waals surface area (Å²) in [4.78, 5) is 6.70. The quantitative estimate of drug-likeness (QED) is 0.583. The van der Waals surface area contributed by atoms with Gasteiger partial charge in [0.15, 0.2) is 0 Å². The summed E-state index contributed by atoms with van der Waals surface area (Å²) in [6, 6.07) is 0. The van der Waals surface area contributed by atoms with Crippen LogP contribution in [0.25, 0.3) is 10.9 Å². The van der Waals surface area contributed by atoms with E-state index in [1.54, 1.807) is 12.4 Å². The summed E-state index contributed by atoms with van der Waals surface area (Å²) in [6.45, 7) is 3.74. The lowest BCUT2D eigenvalue weighted by Crippen LogP contribution is -2.04. The van der Waals surface area contributed by atoms with E-state index in [2.05, 4.69) is 37.7 Å². The predicted molar refractivity (Wildman–Crippen MR) is 70.6 cm³/mol. The molecule has 0 aromatic carbocycles. The van der Waals surface area contributed by atoms with Gasteiger partial charge in [0.25, 0.3) is 0 Å². The maximum Gasteiger partial charge on any atom is 0.0997 e. The Morgan fingerprint density at radius 1 is 1.44 bits per heavy atom. The lowest BCUT2D eigenvalue weighted by atomic mass is 10.1. The third kappa shape index (κ3) is 2.40. The van der Waals surface area contributed by atoms with Gasteiger partial charge in [-0.25, -0.2) is 0 Å². The van der Waals surface area contributed by atoms with E-state index in [1.165, 1.54) is 0 Å². The van der Waals surface area contributed by atoms with E-state index in [1.807, 2.05) is 20.0 Å². The van der Waals surface area contributed by atoms with Gasteiger partial charge in [-0.2, -0.15) is 0 Å². The van der Waals surface area contributed by atoms with Crippen LogP contribution >= 0.6 is 27.5 Å². The molecule has 0 unspecified atom stereocenters. The van der Waals surface area contributed by atoms with Crippen molar-refractivity contribution in [2.75, 3.05) is 0 Å². The Morgan fingerprint density at radius 3 is 2.88 bits per heavy atom. The zero-order chi connectivity index (χ0) is 11.8. The van der Waals surface area contributed by atoms with Crippen molar-refractivity contribution in [1.82, 2.24) is 9.97 Å². The number of hydrogen-bond acceptors (Lipinski definition) is 1. The molecular weight excluding hydrogens is 288 g/mol. The molecule has 0 aliphatic carbocycles. The number of nitrogens with zero attached hydrogens (tertiary/aromatic N) is 1. The summed E-state index contributed by atoms with van der Waals surface area (Å²) < 4.78 is 0.933. The molecule has 0 atom stereocenters. The second kappa shape index (κ2) is 4.12. The van der Waals surface area contributed by atoms with Crippen LogP contribution in [0.1, 0.15) is 19.4 Å². The molecule has 0 bridgehead atoms. The summed E-state index contributed by atoms with van der Waals surface area (Å²) in [5, 5.41) is 1.04. The number of aromatic nitrogens is 2. The molecule has 0 radical (unpaired) electrons. The zero-order valence-electron chi connectivity index (χ0n) is 8.94. The average molecular weight is 298 g/mol. The van der Waals surface area contributed by atoms with E-state index < -0.39 is 4.87 Å². The SMILES string of the molecule is CC(C)(Cl)C#Cc1c[nH]c2cncc(Br)c12. The van der Waals surface area contributed by atoms with Crippen molar-refractivity contribution in [1.29, 1.82) is 0 Å². The lowest BCUT2D eigenvalue weighted by Gasteiger charge is -2.03. The van der Waals surface area contributed by atoms with Crippen LogP contribution in [-0.4, -0.2) is 14.8 Å². The third-order valence-corrected chi connectivity index (χ3v) is 2.73. The minimum absolute atomic E-state index is 0.511. The monoisotopic (exact) mass is 296 g/mol. The number of H-pyrrole nitrogens is 1. The highest BCUT2D eigenvalue weighted by Gasteiger charge is 2.09. The van der Waals surface area contributed by atoms with Gasteiger partial charge in [-0.3, -0.25) is 4.98 Å². The van der Waals surface area contributed by atoms with Crippen molar-refractivity contribution in [2.45, 2.75) is 18.7 Å². The van der Waals surface area contributed by atoms with Crippen molar-refractivity contribution in [2.24, 2.45) is 0 Å². The van der Waals surface area contributed by atoms with Gasteiger partial charge in [-0.1, -0.05) is 11.8 Å². The van der Waals surface area contributed by atoms with Gasteiger partial charge in [0.1, 0.15) is 0 Å². The van der Waals surface area contributed by atoms with Gasteiger partial charge in [0.05, 0.1) is 22.2 Å². The fraction of sp³-hybridized carbons (Fsp3) is 0.250. The van der Waals surface area contributed by atoms with Gasteiger partial charge in [0.2, 0.25) is 0 Å². The van der Waals surface area contributed by atoms with Crippen molar-refractivity contribution in [3.8, 4) is 11.8 Å². The number of rotatable bonds is 0. The molecule has 2 aromatic rings. The molecule has 2 nitrogen and oxygen atoms in total.